The number of anilines is 1. The van der Waals surface area contributed by atoms with Crippen molar-refractivity contribution < 1.29 is 17.9 Å². The third-order valence-corrected chi connectivity index (χ3v) is 3.17. The number of ether oxygens (including phenoxy) is 1. The Bertz CT molecular complexity index is 644. The molecule has 0 unspecified atom stereocenters. The van der Waals surface area contributed by atoms with Gasteiger partial charge in [0.15, 0.2) is 0 Å². The predicted molar refractivity (Wildman–Crippen MR) is 72.4 cm³/mol. The van der Waals surface area contributed by atoms with Gasteiger partial charge < -0.3 is 10.5 Å². The van der Waals surface area contributed by atoms with Gasteiger partial charge in [-0.3, -0.25) is 0 Å². The Hall–Kier alpha value is -1.59. The smallest absolute Gasteiger partial charge is 0.420 e. The Balaban J connectivity index is 2.40. The standard InChI is InChI=1S/C13H8Cl2F3NO/c14-10-3-2-8(6-11(10)15)20-12-4-1-7(19)5-9(12)13(16,17)18/h1-6H,19H2. The number of nitrogen functional groups attached to an aromatic ring is 1. The average molecular weight is 322 g/mol. The molecule has 0 bridgehead atoms. The van der Waals surface area contributed by atoms with Crippen LogP contribution in [-0.4, -0.2) is 0 Å². The van der Waals surface area contributed by atoms with Crippen molar-refractivity contribution >= 4 is 28.9 Å². The van der Waals surface area contributed by atoms with E-state index in [2.05, 4.69) is 0 Å². The van der Waals surface area contributed by atoms with Gasteiger partial charge in [-0.15, -0.1) is 0 Å². The maximum Gasteiger partial charge on any atom is 0.420 e. The topological polar surface area (TPSA) is 35.2 Å². The lowest BCUT2D eigenvalue weighted by atomic mass is 10.1. The first-order valence-electron chi connectivity index (χ1n) is 5.37. The Morgan fingerprint density at radius 3 is 2.25 bits per heavy atom. The molecule has 0 aliphatic heterocycles. The van der Waals surface area contributed by atoms with Gasteiger partial charge in [-0.1, -0.05) is 23.2 Å². The van der Waals surface area contributed by atoms with Crippen molar-refractivity contribution in [1.82, 2.24) is 0 Å². The van der Waals surface area contributed by atoms with Crippen LogP contribution in [0.4, 0.5) is 18.9 Å². The molecule has 106 valence electrons. The number of hydrogen-bond acceptors (Lipinski definition) is 2. The average Bonchev–Trinajstić information content (AvgIpc) is 2.35. The molecule has 0 fully saturated rings. The van der Waals surface area contributed by atoms with Crippen LogP contribution in [0, 0.1) is 0 Å². The number of nitrogens with two attached hydrogens (primary N) is 1. The summed E-state index contributed by atoms with van der Waals surface area (Å²) < 4.78 is 43.9. The zero-order valence-corrected chi connectivity index (χ0v) is 11.4. The van der Waals surface area contributed by atoms with Crippen LogP contribution in [0.25, 0.3) is 0 Å². The summed E-state index contributed by atoms with van der Waals surface area (Å²) in [5.74, 6) is -0.209. The molecule has 0 aliphatic carbocycles. The van der Waals surface area contributed by atoms with E-state index in [-0.39, 0.29) is 27.2 Å². The van der Waals surface area contributed by atoms with E-state index in [9.17, 15) is 13.2 Å². The van der Waals surface area contributed by atoms with Crippen LogP contribution in [0.2, 0.25) is 10.0 Å². The SMILES string of the molecule is Nc1ccc(Oc2ccc(Cl)c(Cl)c2)c(C(F)(F)F)c1. The van der Waals surface area contributed by atoms with Gasteiger partial charge in [0.05, 0.1) is 10.0 Å². The van der Waals surface area contributed by atoms with Gasteiger partial charge in [0, 0.05) is 11.8 Å². The minimum absolute atomic E-state index is 0.00110. The van der Waals surface area contributed by atoms with Crippen molar-refractivity contribution in [2.24, 2.45) is 0 Å². The van der Waals surface area contributed by atoms with Gasteiger partial charge in [0.2, 0.25) is 0 Å². The van der Waals surface area contributed by atoms with Gasteiger partial charge in [-0.05, 0) is 30.3 Å². The first-order valence-corrected chi connectivity index (χ1v) is 6.12. The summed E-state index contributed by atoms with van der Waals surface area (Å²) in [5.41, 5.74) is 4.41. The lowest BCUT2D eigenvalue weighted by molar-refractivity contribution is -0.138. The second-order valence-electron chi connectivity index (χ2n) is 3.93. The second-order valence-corrected chi connectivity index (χ2v) is 4.75. The summed E-state index contributed by atoms with van der Waals surface area (Å²) in [7, 11) is 0. The van der Waals surface area contributed by atoms with Crippen LogP contribution in [0.5, 0.6) is 11.5 Å². The molecule has 7 heteroatoms. The monoisotopic (exact) mass is 321 g/mol. The molecule has 0 aromatic heterocycles. The summed E-state index contributed by atoms with van der Waals surface area (Å²) >= 11 is 11.5. The highest BCUT2D eigenvalue weighted by atomic mass is 35.5. The van der Waals surface area contributed by atoms with Crippen molar-refractivity contribution in [2.75, 3.05) is 5.73 Å². The van der Waals surface area contributed by atoms with Crippen molar-refractivity contribution in [3.63, 3.8) is 0 Å². The molecule has 20 heavy (non-hydrogen) atoms. The predicted octanol–water partition coefficient (Wildman–Crippen LogP) is 5.39. The fourth-order valence-corrected chi connectivity index (χ4v) is 1.81. The van der Waals surface area contributed by atoms with Gasteiger partial charge in [0.1, 0.15) is 17.1 Å². The Kier molecular flexibility index (Phi) is 4.01. The number of hydrogen-bond donors (Lipinski definition) is 1. The van der Waals surface area contributed by atoms with Crippen molar-refractivity contribution in [3.05, 3.63) is 52.0 Å². The number of alkyl halides is 3. The van der Waals surface area contributed by atoms with Crippen LogP contribution in [-0.2, 0) is 6.18 Å². The molecule has 2 rings (SSSR count). The van der Waals surface area contributed by atoms with Crippen LogP contribution in [0.1, 0.15) is 5.56 Å². The summed E-state index contributed by atoms with van der Waals surface area (Å²) in [6.07, 6.45) is -4.57. The summed E-state index contributed by atoms with van der Waals surface area (Å²) in [5, 5.41) is 0.473. The fraction of sp³-hybridized carbons (Fsp3) is 0.0769. The molecular formula is C13H8Cl2F3NO. The molecule has 0 radical (unpaired) electrons. The molecule has 0 heterocycles. The van der Waals surface area contributed by atoms with E-state index in [0.29, 0.717) is 0 Å². The molecule has 0 atom stereocenters. The van der Waals surface area contributed by atoms with Crippen LogP contribution < -0.4 is 10.5 Å². The minimum Gasteiger partial charge on any atom is -0.457 e. The van der Waals surface area contributed by atoms with Crippen LogP contribution in [0.15, 0.2) is 36.4 Å². The zero-order valence-electron chi connectivity index (χ0n) is 9.84. The van der Waals surface area contributed by atoms with Crippen LogP contribution >= 0.6 is 23.2 Å². The Labute approximate surface area is 122 Å². The molecule has 0 saturated heterocycles. The van der Waals surface area contributed by atoms with Gasteiger partial charge in [-0.25, -0.2) is 0 Å². The number of rotatable bonds is 2. The molecule has 2 N–H and O–H groups in total. The minimum atomic E-state index is -4.57. The maximum atomic E-state index is 12.9. The largest absolute Gasteiger partial charge is 0.457 e. The molecule has 0 aliphatic rings. The highest BCUT2D eigenvalue weighted by Crippen LogP contribution is 2.39. The molecule has 0 spiro atoms. The zero-order chi connectivity index (χ0) is 14.9. The fourth-order valence-electron chi connectivity index (χ4n) is 1.53. The summed E-state index contributed by atoms with van der Waals surface area (Å²) in [6, 6.07) is 7.48. The van der Waals surface area contributed by atoms with E-state index in [1.54, 1.807) is 0 Å². The molecule has 2 aromatic rings. The third kappa shape index (κ3) is 3.29. The molecule has 0 amide bonds. The first kappa shape index (κ1) is 14.8. The van der Waals surface area contributed by atoms with Crippen molar-refractivity contribution in [1.29, 1.82) is 0 Å². The molecule has 2 nitrogen and oxygen atoms in total. The highest BCUT2D eigenvalue weighted by Gasteiger charge is 2.34. The lowest BCUT2D eigenvalue weighted by Crippen LogP contribution is -2.08. The molecular weight excluding hydrogens is 314 g/mol. The van der Waals surface area contributed by atoms with Gasteiger partial charge in [0.25, 0.3) is 0 Å². The second kappa shape index (κ2) is 5.42. The summed E-state index contributed by atoms with van der Waals surface area (Å²) in [6.45, 7) is 0. The number of benzene rings is 2. The van der Waals surface area contributed by atoms with E-state index in [1.807, 2.05) is 0 Å². The Morgan fingerprint density at radius 1 is 0.950 bits per heavy atom. The Morgan fingerprint density at radius 2 is 1.65 bits per heavy atom. The third-order valence-electron chi connectivity index (χ3n) is 2.43. The normalized spacial score (nSPS) is 11.4. The van der Waals surface area contributed by atoms with Gasteiger partial charge >= 0.3 is 6.18 Å². The highest BCUT2D eigenvalue weighted by molar-refractivity contribution is 6.42. The van der Waals surface area contributed by atoms with E-state index < -0.39 is 11.7 Å². The number of halogens is 5. The first-order chi connectivity index (χ1) is 9.27. The maximum absolute atomic E-state index is 12.9. The van der Waals surface area contributed by atoms with Crippen molar-refractivity contribution in [3.8, 4) is 11.5 Å². The van der Waals surface area contributed by atoms with E-state index in [0.717, 1.165) is 12.1 Å². The molecule has 0 saturated carbocycles. The summed E-state index contributed by atoms with van der Waals surface area (Å²) in [4.78, 5) is 0. The quantitative estimate of drug-likeness (QED) is 0.753. The van der Waals surface area contributed by atoms with E-state index in [4.69, 9.17) is 33.7 Å². The molecule has 2 aromatic carbocycles. The van der Waals surface area contributed by atoms with Crippen LogP contribution in [0.3, 0.4) is 0 Å². The lowest BCUT2D eigenvalue weighted by Gasteiger charge is -2.14. The van der Waals surface area contributed by atoms with E-state index in [1.165, 1.54) is 24.3 Å². The van der Waals surface area contributed by atoms with E-state index >= 15 is 0 Å². The van der Waals surface area contributed by atoms with Gasteiger partial charge in [-0.2, -0.15) is 13.2 Å². The van der Waals surface area contributed by atoms with Crippen molar-refractivity contribution in [2.45, 2.75) is 6.18 Å².